The van der Waals surface area contributed by atoms with Gasteiger partial charge in [0, 0.05) is 11.6 Å². The summed E-state index contributed by atoms with van der Waals surface area (Å²) in [6, 6.07) is 8.80. The number of hydrogen-bond donors (Lipinski definition) is 0. The molecule has 2 rings (SSSR count). The summed E-state index contributed by atoms with van der Waals surface area (Å²) in [4.78, 5) is 23.8. The predicted molar refractivity (Wildman–Crippen MR) is 63.5 cm³/mol. The average molecular weight is 228 g/mol. The summed E-state index contributed by atoms with van der Waals surface area (Å²) < 4.78 is 4.94. The highest BCUT2D eigenvalue weighted by atomic mass is 16.5. The fourth-order valence-electron chi connectivity index (χ4n) is 1.69. The topological polar surface area (TPSA) is 43.4 Å². The molecule has 3 nitrogen and oxygen atoms in total. The van der Waals surface area contributed by atoms with Crippen molar-refractivity contribution in [1.82, 2.24) is 0 Å². The summed E-state index contributed by atoms with van der Waals surface area (Å²) in [6.07, 6.45) is 4.58. The van der Waals surface area contributed by atoms with Crippen LogP contribution in [0.4, 0.5) is 0 Å². The van der Waals surface area contributed by atoms with Crippen LogP contribution in [0.3, 0.4) is 0 Å². The van der Waals surface area contributed by atoms with Gasteiger partial charge in [0.05, 0.1) is 7.11 Å². The SMILES string of the molecule is COC1=CC(=O)C(C(=O)c2ccccc2)C=C1. The molecule has 0 spiro atoms. The Hall–Kier alpha value is -2.16. The van der Waals surface area contributed by atoms with Crippen molar-refractivity contribution in [3.63, 3.8) is 0 Å². The number of methoxy groups -OCH3 is 1. The van der Waals surface area contributed by atoms with Crippen molar-refractivity contribution in [3.8, 4) is 0 Å². The van der Waals surface area contributed by atoms with E-state index in [0.717, 1.165) is 0 Å². The van der Waals surface area contributed by atoms with Gasteiger partial charge in [0.1, 0.15) is 11.7 Å². The first-order valence-corrected chi connectivity index (χ1v) is 5.29. The standard InChI is InChI=1S/C14H12O3/c1-17-11-7-8-12(13(15)9-11)14(16)10-5-3-2-4-6-10/h2-9,12H,1H3. The molecule has 1 aromatic rings. The minimum Gasteiger partial charge on any atom is -0.497 e. The molecule has 1 aliphatic rings. The van der Waals surface area contributed by atoms with E-state index in [9.17, 15) is 9.59 Å². The first kappa shape index (κ1) is 11.3. The van der Waals surface area contributed by atoms with Gasteiger partial charge in [-0.15, -0.1) is 0 Å². The van der Waals surface area contributed by atoms with Gasteiger partial charge in [-0.2, -0.15) is 0 Å². The van der Waals surface area contributed by atoms with Crippen LogP contribution in [-0.2, 0) is 9.53 Å². The molecule has 0 saturated carbocycles. The van der Waals surface area contributed by atoms with Crippen molar-refractivity contribution in [2.24, 2.45) is 5.92 Å². The van der Waals surface area contributed by atoms with Gasteiger partial charge in [-0.25, -0.2) is 0 Å². The molecular formula is C14H12O3. The fourth-order valence-corrected chi connectivity index (χ4v) is 1.69. The van der Waals surface area contributed by atoms with Crippen LogP contribution in [0.2, 0.25) is 0 Å². The molecule has 0 heterocycles. The Morgan fingerprint density at radius 3 is 2.53 bits per heavy atom. The van der Waals surface area contributed by atoms with E-state index in [-0.39, 0.29) is 11.6 Å². The monoisotopic (exact) mass is 228 g/mol. The lowest BCUT2D eigenvalue weighted by Gasteiger charge is -2.13. The van der Waals surface area contributed by atoms with Gasteiger partial charge in [0.15, 0.2) is 11.6 Å². The highest BCUT2D eigenvalue weighted by molar-refractivity contribution is 6.16. The van der Waals surface area contributed by atoms with Crippen LogP contribution in [0.5, 0.6) is 0 Å². The summed E-state index contributed by atoms with van der Waals surface area (Å²) in [6.45, 7) is 0. The highest BCUT2D eigenvalue weighted by Crippen LogP contribution is 2.18. The van der Waals surface area contributed by atoms with Gasteiger partial charge >= 0.3 is 0 Å². The second-order valence-electron chi connectivity index (χ2n) is 3.72. The lowest BCUT2D eigenvalue weighted by Crippen LogP contribution is -2.23. The summed E-state index contributed by atoms with van der Waals surface area (Å²) in [5.41, 5.74) is 0.546. The van der Waals surface area contributed by atoms with Crippen LogP contribution < -0.4 is 0 Å². The Morgan fingerprint density at radius 1 is 1.24 bits per heavy atom. The van der Waals surface area contributed by atoms with Crippen molar-refractivity contribution >= 4 is 11.6 Å². The van der Waals surface area contributed by atoms with E-state index in [1.165, 1.54) is 13.2 Å². The van der Waals surface area contributed by atoms with E-state index < -0.39 is 5.92 Å². The summed E-state index contributed by atoms with van der Waals surface area (Å²) >= 11 is 0. The quantitative estimate of drug-likeness (QED) is 0.588. The lowest BCUT2D eigenvalue weighted by atomic mass is 9.90. The minimum absolute atomic E-state index is 0.182. The molecule has 0 bridgehead atoms. The molecule has 0 saturated heterocycles. The third-order valence-electron chi connectivity index (χ3n) is 2.62. The number of carbonyl (C=O) groups excluding carboxylic acids is 2. The largest absolute Gasteiger partial charge is 0.497 e. The average Bonchev–Trinajstić information content (AvgIpc) is 2.39. The van der Waals surface area contributed by atoms with E-state index in [1.807, 2.05) is 6.07 Å². The Balaban J connectivity index is 2.21. The Kier molecular flexibility index (Phi) is 3.19. The number of hydrogen-bond acceptors (Lipinski definition) is 3. The number of Topliss-reactive ketones (excluding diaryl/α,β-unsaturated/α-hetero) is 1. The Bertz CT molecular complexity index is 497. The molecular weight excluding hydrogens is 216 g/mol. The molecule has 1 aliphatic carbocycles. The Labute approximate surface area is 99.4 Å². The number of rotatable bonds is 3. The summed E-state index contributed by atoms with van der Waals surface area (Å²) in [7, 11) is 1.49. The summed E-state index contributed by atoms with van der Waals surface area (Å²) in [5, 5.41) is 0. The van der Waals surface area contributed by atoms with Crippen LogP contribution in [0.1, 0.15) is 10.4 Å². The second-order valence-corrected chi connectivity index (χ2v) is 3.72. The molecule has 0 N–H and O–H groups in total. The first-order chi connectivity index (χ1) is 8.22. The molecule has 0 aromatic heterocycles. The number of ketones is 2. The van der Waals surface area contributed by atoms with E-state index in [1.54, 1.807) is 36.4 Å². The van der Waals surface area contributed by atoms with E-state index >= 15 is 0 Å². The Morgan fingerprint density at radius 2 is 1.94 bits per heavy atom. The van der Waals surface area contributed by atoms with Gasteiger partial charge in [-0.1, -0.05) is 36.4 Å². The number of allylic oxidation sites excluding steroid dienone is 3. The molecule has 1 aromatic carbocycles. The van der Waals surface area contributed by atoms with Crippen molar-refractivity contribution in [1.29, 1.82) is 0 Å². The number of ether oxygens (including phenoxy) is 1. The molecule has 1 unspecified atom stereocenters. The van der Waals surface area contributed by atoms with Crippen molar-refractivity contribution in [2.75, 3.05) is 7.11 Å². The molecule has 0 radical (unpaired) electrons. The summed E-state index contributed by atoms with van der Waals surface area (Å²) in [5.74, 6) is -0.667. The maximum absolute atomic E-state index is 12.1. The van der Waals surface area contributed by atoms with E-state index in [4.69, 9.17) is 4.74 Å². The van der Waals surface area contributed by atoms with Crippen LogP contribution >= 0.6 is 0 Å². The van der Waals surface area contributed by atoms with Gasteiger partial charge < -0.3 is 4.74 Å². The van der Waals surface area contributed by atoms with Crippen molar-refractivity contribution < 1.29 is 14.3 Å². The van der Waals surface area contributed by atoms with Crippen LogP contribution in [-0.4, -0.2) is 18.7 Å². The van der Waals surface area contributed by atoms with Crippen LogP contribution in [0.15, 0.2) is 54.3 Å². The van der Waals surface area contributed by atoms with Crippen molar-refractivity contribution in [2.45, 2.75) is 0 Å². The maximum atomic E-state index is 12.1. The van der Waals surface area contributed by atoms with Crippen LogP contribution in [0, 0.1) is 5.92 Å². The smallest absolute Gasteiger partial charge is 0.177 e. The zero-order valence-electron chi connectivity index (χ0n) is 9.42. The molecule has 86 valence electrons. The van der Waals surface area contributed by atoms with Gasteiger partial charge in [-0.3, -0.25) is 9.59 Å². The molecule has 0 amide bonds. The van der Waals surface area contributed by atoms with Gasteiger partial charge in [-0.05, 0) is 6.08 Å². The zero-order chi connectivity index (χ0) is 12.3. The molecule has 17 heavy (non-hydrogen) atoms. The first-order valence-electron chi connectivity index (χ1n) is 5.29. The second kappa shape index (κ2) is 4.78. The van der Waals surface area contributed by atoms with Crippen LogP contribution in [0.25, 0.3) is 0 Å². The molecule has 1 atom stereocenters. The van der Waals surface area contributed by atoms with Gasteiger partial charge in [0.2, 0.25) is 0 Å². The molecule has 3 heteroatoms. The van der Waals surface area contributed by atoms with E-state index in [0.29, 0.717) is 11.3 Å². The third-order valence-corrected chi connectivity index (χ3v) is 2.62. The molecule has 0 aliphatic heterocycles. The minimum atomic E-state index is -0.726. The predicted octanol–water partition coefficient (Wildman–Crippen LogP) is 2.15. The number of benzene rings is 1. The normalized spacial score (nSPS) is 18.8. The maximum Gasteiger partial charge on any atom is 0.177 e. The third kappa shape index (κ3) is 2.33. The van der Waals surface area contributed by atoms with Gasteiger partial charge in [0.25, 0.3) is 0 Å². The molecule has 0 fully saturated rings. The lowest BCUT2D eigenvalue weighted by molar-refractivity contribution is -0.116. The zero-order valence-corrected chi connectivity index (χ0v) is 9.42. The number of carbonyl (C=O) groups is 2. The highest BCUT2D eigenvalue weighted by Gasteiger charge is 2.26. The fraction of sp³-hybridized carbons (Fsp3) is 0.143. The van der Waals surface area contributed by atoms with E-state index in [2.05, 4.69) is 0 Å². The van der Waals surface area contributed by atoms with Crippen molar-refractivity contribution in [3.05, 3.63) is 59.9 Å².